The van der Waals surface area contributed by atoms with Gasteiger partial charge in [-0.1, -0.05) is 20.3 Å². The number of halogens is 2. The van der Waals surface area contributed by atoms with Crippen molar-refractivity contribution in [2.75, 3.05) is 0 Å². The maximum atomic E-state index is 10.1. The van der Waals surface area contributed by atoms with Gasteiger partial charge in [0.1, 0.15) is 5.75 Å². The van der Waals surface area contributed by atoms with Gasteiger partial charge >= 0.3 is 0 Å². The molecule has 1 aromatic carbocycles. The van der Waals surface area contributed by atoms with Crippen LogP contribution >= 0.6 is 45.2 Å². The fourth-order valence-electron chi connectivity index (χ4n) is 1.62. The molecule has 0 saturated carbocycles. The van der Waals surface area contributed by atoms with Gasteiger partial charge in [0.05, 0.1) is 15.7 Å². The molecule has 0 spiro atoms. The van der Waals surface area contributed by atoms with Crippen LogP contribution in [0.5, 0.6) is 5.75 Å². The van der Waals surface area contributed by atoms with Gasteiger partial charge in [-0.25, -0.2) is 0 Å². The lowest BCUT2D eigenvalue weighted by molar-refractivity contribution is 0.0870. The third-order valence-electron chi connectivity index (χ3n) is 3.01. The second kappa shape index (κ2) is 6.53. The Balaban J connectivity index is 3.07. The normalized spacial score (nSPS) is 16.6. The molecule has 0 bridgehead atoms. The van der Waals surface area contributed by atoms with Crippen molar-refractivity contribution in [2.24, 2.45) is 11.7 Å². The van der Waals surface area contributed by atoms with Gasteiger partial charge in [-0.15, -0.1) is 0 Å². The lowest BCUT2D eigenvalue weighted by Crippen LogP contribution is -2.31. The fraction of sp³-hybridized carbons (Fsp3) is 0.500. The van der Waals surface area contributed by atoms with Crippen molar-refractivity contribution in [3.63, 3.8) is 0 Å². The molecule has 1 aromatic rings. The molecule has 96 valence electrons. The second-order valence-corrected chi connectivity index (χ2v) is 6.64. The SMILES string of the molecule is CCC(C)[C@H](O)[C@H](N)c1cc(I)cc(I)c1O. The molecule has 1 rings (SSSR count). The molecule has 0 aliphatic carbocycles. The van der Waals surface area contributed by atoms with E-state index in [9.17, 15) is 10.2 Å². The first-order valence-corrected chi connectivity index (χ1v) is 7.65. The van der Waals surface area contributed by atoms with E-state index in [1.165, 1.54) is 0 Å². The van der Waals surface area contributed by atoms with Crippen LogP contribution in [0, 0.1) is 13.1 Å². The van der Waals surface area contributed by atoms with Crippen molar-refractivity contribution in [1.29, 1.82) is 0 Å². The van der Waals surface area contributed by atoms with Gasteiger partial charge < -0.3 is 15.9 Å². The number of aliphatic hydroxyl groups is 1. The highest BCUT2D eigenvalue weighted by Crippen LogP contribution is 2.33. The van der Waals surface area contributed by atoms with Gasteiger partial charge in [-0.2, -0.15) is 0 Å². The van der Waals surface area contributed by atoms with Gasteiger partial charge in [0.2, 0.25) is 0 Å². The van der Waals surface area contributed by atoms with E-state index in [0.717, 1.165) is 13.6 Å². The number of aliphatic hydroxyl groups excluding tert-OH is 1. The van der Waals surface area contributed by atoms with Gasteiger partial charge in [0.15, 0.2) is 0 Å². The average molecular weight is 461 g/mol. The molecule has 3 atom stereocenters. The first-order chi connectivity index (χ1) is 7.88. The lowest BCUT2D eigenvalue weighted by atomic mass is 9.91. The van der Waals surface area contributed by atoms with Crippen molar-refractivity contribution in [2.45, 2.75) is 32.4 Å². The number of aromatic hydroxyl groups is 1. The zero-order valence-corrected chi connectivity index (χ0v) is 14.1. The van der Waals surface area contributed by atoms with Gasteiger partial charge in [0, 0.05) is 9.13 Å². The number of hydrogen-bond acceptors (Lipinski definition) is 3. The summed E-state index contributed by atoms with van der Waals surface area (Å²) in [6.45, 7) is 3.97. The molecule has 4 N–H and O–H groups in total. The summed E-state index contributed by atoms with van der Waals surface area (Å²) in [5.74, 6) is 0.292. The number of rotatable bonds is 4. The quantitative estimate of drug-likeness (QED) is 0.605. The molecule has 0 amide bonds. The third-order valence-corrected chi connectivity index (χ3v) is 4.46. The smallest absolute Gasteiger partial charge is 0.133 e. The standard InChI is InChI=1S/C12H17I2NO2/c1-3-6(2)11(16)10(15)8-4-7(13)5-9(14)12(8)17/h4-6,10-11,16-17H,3,15H2,1-2H3/t6?,10-,11+/m1/s1. The van der Waals surface area contributed by atoms with E-state index in [1.54, 1.807) is 0 Å². The van der Waals surface area contributed by atoms with Crippen molar-refractivity contribution < 1.29 is 10.2 Å². The molecule has 0 aliphatic heterocycles. The monoisotopic (exact) mass is 461 g/mol. The summed E-state index contributed by atoms with van der Waals surface area (Å²) in [5.41, 5.74) is 6.66. The van der Waals surface area contributed by atoms with E-state index < -0.39 is 12.1 Å². The number of phenolic OH excluding ortho intramolecular Hbond substituents is 1. The Morgan fingerprint density at radius 2 is 1.94 bits per heavy atom. The van der Waals surface area contributed by atoms with Crippen molar-refractivity contribution in [3.05, 3.63) is 24.8 Å². The molecule has 17 heavy (non-hydrogen) atoms. The minimum Gasteiger partial charge on any atom is -0.506 e. The van der Waals surface area contributed by atoms with Crippen LogP contribution in [0.3, 0.4) is 0 Å². The highest BCUT2D eigenvalue weighted by atomic mass is 127. The first kappa shape index (κ1) is 15.5. The summed E-state index contributed by atoms with van der Waals surface area (Å²) in [6.07, 6.45) is 0.219. The van der Waals surface area contributed by atoms with Crippen molar-refractivity contribution in [3.8, 4) is 5.75 Å². The van der Waals surface area contributed by atoms with Crippen molar-refractivity contribution in [1.82, 2.24) is 0 Å². The maximum absolute atomic E-state index is 10.1. The Labute approximate surface area is 129 Å². The molecule has 3 nitrogen and oxygen atoms in total. The predicted molar refractivity (Wildman–Crippen MR) is 85.9 cm³/mol. The highest BCUT2D eigenvalue weighted by molar-refractivity contribution is 14.1. The third kappa shape index (κ3) is 3.68. The van der Waals surface area contributed by atoms with Crippen LogP contribution in [-0.4, -0.2) is 16.3 Å². The molecule has 0 aliphatic rings. The average Bonchev–Trinajstić information content (AvgIpc) is 2.30. The molecular weight excluding hydrogens is 444 g/mol. The van der Waals surface area contributed by atoms with Crippen LogP contribution < -0.4 is 5.73 Å². The zero-order valence-electron chi connectivity index (χ0n) is 9.82. The van der Waals surface area contributed by atoms with Crippen LogP contribution in [0.1, 0.15) is 31.9 Å². The molecule has 0 radical (unpaired) electrons. The number of phenols is 1. The summed E-state index contributed by atoms with van der Waals surface area (Å²) in [5, 5.41) is 20.1. The van der Waals surface area contributed by atoms with E-state index in [1.807, 2.05) is 26.0 Å². The molecule has 1 unspecified atom stereocenters. The first-order valence-electron chi connectivity index (χ1n) is 5.50. The number of hydrogen-bond donors (Lipinski definition) is 3. The molecule has 0 heterocycles. The Bertz CT molecular complexity index is 398. The molecule has 0 aromatic heterocycles. The Morgan fingerprint density at radius 1 is 1.35 bits per heavy atom. The van der Waals surface area contributed by atoms with Gasteiger partial charge in [-0.3, -0.25) is 0 Å². The van der Waals surface area contributed by atoms with Crippen LogP contribution in [0.25, 0.3) is 0 Å². The second-order valence-electron chi connectivity index (χ2n) is 4.23. The maximum Gasteiger partial charge on any atom is 0.133 e. The molecule has 0 saturated heterocycles. The number of benzene rings is 1. The predicted octanol–water partition coefficient (Wildman–Crippen LogP) is 3.01. The van der Waals surface area contributed by atoms with E-state index in [2.05, 4.69) is 45.2 Å². The van der Waals surface area contributed by atoms with Gasteiger partial charge in [0.25, 0.3) is 0 Å². The Morgan fingerprint density at radius 3 is 2.47 bits per heavy atom. The van der Waals surface area contributed by atoms with E-state index in [4.69, 9.17) is 5.73 Å². The van der Waals surface area contributed by atoms with Gasteiger partial charge in [-0.05, 0) is 63.2 Å². The molecular formula is C12H17I2NO2. The minimum absolute atomic E-state index is 0.111. The summed E-state index contributed by atoms with van der Waals surface area (Å²) < 4.78 is 1.77. The van der Waals surface area contributed by atoms with Crippen LogP contribution in [0.2, 0.25) is 0 Å². The van der Waals surface area contributed by atoms with E-state index >= 15 is 0 Å². The van der Waals surface area contributed by atoms with E-state index in [0.29, 0.717) is 5.56 Å². The van der Waals surface area contributed by atoms with E-state index in [-0.39, 0.29) is 11.7 Å². The van der Waals surface area contributed by atoms with Crippen LogP contribution in [0.15, 0.2) is 12.1 Å². The summed E-state index contributed by atoms with van der Waals surface area (Å²) in [7, 11) is 0. The largest absolute Gasteiger partial charge is 0.506 e. The summed E-state index contributed by atoms with van der Waals surface area (Å²) in [4.78, 5) is 0. The summed E-state index contributed by atoms with van der Waals surface area (Å²) in [6, 6.07) is 3.16. The summed E-state index contributed by atoms with van der Waals surface area (Å²) >= 11 is 4.25. The molecule has 0 fully saturated rings. The Kier molecular flexibility index (Phi) is 5.94. The lowest BCUT2D eigenvalue weighted by Gasteiger charge is -2.25. The van der Waals surface area contributed by atoms with Crippen LogP contribution in [-0.2, 0) is 0 Å². The fourth-order valence-corrected chi connectivity index (χ4v) is 3.51. The zero-order chi connectivity index (χ0) is 13.2. The Hall–Kier alpha value is 0.400. The number of nitrogens with two attached hydrogens (primary N) is 1. The topological polar surface area (TPSA) is 66.5 Å². The van der Waals surface area contributed by atoms with Crippen molar-refractivity contribution >= 4 is 45.2 Å². The highest BCUT2D eigenvalue weighted by Gasteiger charge is 2.25. The minimum atomic E-state index is -0.639. The molecule has 5 heteroatoms. The van der Waals surface area contributed by atoms with Crippen LogP contribution in [0.4, 0.5) is 0 Å².